The second-order valence-electron chi connectivity index (χ2n) is 9.14. The van der Waals surface area contributed by atoms with Crippen LogP contribution < -0.4 is 11.1 Å². The van der Waals surface area contributed by atoms with Crippen LogP contribution in [0.5, 0.6) is 0 Å². The number of aromatic nitrogens is 2. The summed E-state index contributed by atoms with van der Waals surface area (Å²) in [7, 11) is 0. The van der Waals surface area contributed by atoms with Crippen LogP contribution in [-0.2, 0) is 6.54 Å². The molecule has 0 aliphatic heterocycles. The molecule has 3 aromatic rings. The van der Waals surface area contributed by atoms with Crippen molar-refractivity contribution in [1.82, 2.24) is 15.3 Å². The quantitative estimate of drug-likeness (QED) is 0.515. The molecule has 5 rings (SSSR count). The third-order valence-electron chi connectivity index (χ3n) is 6.48. The van der Waals surface area contributed by atoms with Crippen LogP contribution in [0.1, 0.15) is 64.7 Å². The Bertz CT molecular complexity index is 961. The molecule has 2 aliphatic carbocycles. The number of nitrogens with zero attached hydrogens (tertiary/aromatic N) is 2. The zero-order valence-corrected chi connectivity index (χ0v) is 19.4. The number of nitrogens with one attached hydrogen (secondary N) is 1. The minimum absolute atomic E-state index is 0.298. The number of nitrogen functional groups attached to an aromatic ring is 1. The van der Waals surface area contributed by atoms with Crippen LogP contribution in [0.4, 0.5) is 5.82 Å². The fourth-order valence-electron chi connectivity index (χ4n) is 5.79. The van der Waals surface area contributed by atoms with Gasteiger partial charge in [0.05, 0.1) is 11.6 Å². The molecule has 2 unspecified atom stereocenters. The number of fused-ring (bicyclic) bond motifs is 3. The molecule has 5 nitrogen and oxygen atoms in total. The van der Waals surface area contributed by atoms with E-state index in [1.54, 1.807) is 17.6 Å². The Morgan fingerprint density at radius 3 is 2.57 bits per heavy atom. The first-order chi connectivity index (χ1) is 14.5. The van der Waals surface area contributed by atoms with Crippen LogP contribution >= 0.6 is 11.3 Å². The summed E-state index contributed by atoms with van der Waals surface area (Å²) in [5.74, 6) is 4.26. The second-order valence-corrected chi connectivity index (χ2v) is 10.3. The molecule has 3 N–H and O–H groups in total. The number of hydrogen-bond acceptors (Lipinski definition) is 6. The van der Waals surface area contributed by atoms with E-state index in [1.165, 1.54) is 37.0 Å². The highest BCUT2D eigenvalue weighted by Crippen LogP contribution is 2.47. The van der Waals surface area contributed by atoms with Crippen LogP contribution in [0.3, 0.4) is 0 Å². The van der Waals surface area contributed by atoms with E-state index in [9.17, 15) is 0 Å². The fourth-order valence-corrected chi connectivity index (χ4v) is 6.77. The summed E-state index contributed by atoms with van der Waals surface area (Å²) < 4.78 is 5.43. The fraction of sp³-hybridized carbons (Fsp3) is 0.583. The number of rotatable bonds is 4. The van der Waals surface area contributed by atoms with Crippen molar-refractivity contribution >= 4 is 27.4 Å². The van der Waals surface area contributed by atoms with Gasteiger partial charge in [-0.15, -0.1) is 11.3 Å². The summed E-state index contributed by atoms with van der Waals surface area (Å²) in [6.45, 7) is 9.72. The first kappa shape index (κ1) is 21.3. The molecule has 0 aromatic carbocycles. The second kappa shape index (κ2) is 8.67. The molecule has 2 bridgehead atoms. The number of anilines is 1. The van der Waals surface area contributed by atoms with E-state index in [0.29, 0.717) is 22.9 Å². The van der Waals surface area contributed by atoms with Gasteiger partial charge in [0.2, 0.25) is 0 Å². The summed E-state index contributed by atoms with van der Waals surface area (Å²) in [6.07, 6.45) is 8.35. The molecule has 2 aliphatic rings. The molecule has 0 radical (unpaired) electrons. The maximum atomic E-state index is 6.22. The van der Waals surface area contributed by atoms with Gasteiger partial charge in [0.15, 0.2) is 11.6 Å². The normalized spacial score (nSPS) is 28.2. The van der Waals surface area contributed by atoms with Crippen LogP contribution in [0, 0.1) is 17.8 Å². The molecular formula is C24H34N4OS. The standard InChI is InChI=1S/C22H28N4OS.C2H6/c1-13-6-15-7-14(2)10-22(9-13,11-15)24-12-16-8-17-19(23)25-20(26-21(17)28-16)18-4-3-5-27-18;1-2/h3-5,8,13-15,24H,6-7,9-12H2,1-2H3,(H2,23,25,26);1-2H3. The molecule has 3 heterocycles. The maximum absolute atomic E-state index is 6.22. The van der Waals surface area contributed by atoms with Gasteiger partial charge in [0.1, 0.15) is 10.6 Å². The average molecular weight is 427 g/mol. The average Bonchev–Trinajstić information content (AvgIpc) is 3.37. The molecule has 30 heavy (non-hydrogen) atoms. The van der Waals surface area contributed by atoms with E-state index in [1.807, 2.05) is 26.0 Å². The summed E-state index contributed by atoms with van der Waals surface area (Å²) in [5.41, 5.74) is 6.52. The van der Waals surface area contributed by atoms with Crippen molar-refractivity contribution < 1.29 is 4.42 Å². The third kappa shape index (κ3) is 4.26. The lowest BCUT2D eigenvalue weighted by Gasteiger charge is -2.50. The molecule has 2 atom stereocenters. The molecule has 0 amide bonds. The number of furan rings is 1. The van der Waals surface area contributed by atoms with Crippen molar-refractivity contribution in [3.05, 3.63) is 29.3 Å². The van der Waals surface area contributed by atoms with E-state index in [2.05, 4.69) is 35.2 Å². The first-order valence-electron chi connectivity index (χ1n) is 11.3. The molecule has 2 saturated carbocycles. The molecular weight excluding hydrogens is 392 g/mol. The van der Waals surface area contributed by atoms with Crippen molar-refractivity contribution in [2.45, 2.75) is 71.9 Å². The van der Waals surface area contributed by atoms with E-state index >= 15 is 0 Å². The summed E-state index contributed by atoms with van der Waals surface area (Å²) in [6, 6.07) is 5.85. The van der Waals surface area contributed by atoms with Gasteiger partial charge in [-0.3, -0.25) is 0 Å². The Morgan fingerprint density at radius 2 is 1.90 bits per heavy atom. The minimum atomic E-state index is 0.298. The van der Waals surface area contributed by atoms with Gasteiger partial charge >= 0.3 is 0 Å². The van der Waals surface area contributed by atoms with Crippen molar-refractivity contribution in [3.8, 4) is 11.6 Å². The molecule has 162 valence electrons. The van der Waals surface area contributed by atoms with Gasteiger partial charge in [0.25, 0.3) is 0 Å². The Balaban J connectivity index is 0.00000106. The van der Waals surface area contributed by atoms with Crippen LogP contribution in [0.25, 0.3) is 21.8 Å². The van der Waals surface area contributed by atoms with E-state index in [0.717, 1.165) is 34.5 Å². The number of thiophene rings is 1. The summed E-state index contributed by atoms with van der Waals surface area (Å²) in [4.78, 5) is 11.3. The van der Waals surface area contributed by atoms with Crippen molar-refractivity contribution in [2.75, 3.05) is 5.73 Å². The number of hydrogen-bond donors (Lipinski definition) is 2. The Labute approximate surface area is 183 Å². The van der Waals surface area contributed by atoms with Gasteiger partial charge in [-0.1, -0.05) is 27.7 Å². The van der Waals surface area contributed by atoms with Gasteiger partial charge in [0, 0.05) is 17.0 Å². The van der Waals surface area contributed by atoms with E-state index in [4.69, 9.17) is 10.2 Å². The van der Waals surface area contributed by atoms with Crippen molar-refractivity contribution in [2.24, 2.45) is 17.8 Å². The zero-order chi connectivity index (χ0) is 21.3. The highest BCUT2D eigenvalue weighted by molar-refractivity contribution is 7.18. The molecule has 0 spiro atoms. The predicted molar refractivity (Wildman–Crippen MR) is 125 cm³/mol. The minimum Gasteiger partial charge on any atom is -0.461 e. The largest absolute Gasteiger partial charge is 0.461 e. The Kier molecular flexibility index (Phi) is 6.16. The van der Waals surface area contributed by atoms with Crippen molar-refractivity contribution in [1.29, 1.82) is 0 Å². The van der Waals surface area contributed by atoms with Gasteiger partial charge in [-0.25, -0.2) is 9.97 Å². The monoisotopic (exact) mass is 426 g/mol. The first-order valence-corrected chi connectivity index (χ1v) is 12.2. The van der Waals surface area contributed by atoms with E-state index in [-0.39, 0.29) is 0 Å². The third-order valence-corrected chi connectivity index (χ3v) is 7.51. The predicted octanol–water partition coefficient (Wildman–Crippen LogP) is 6.25. The zero-order valence-electron chi connectivity index (χ0n) is 18.6. The summed E-state index contributed by atoms with van der Waals surface area (Å²) >= 11 is 1.71. The van der Waals surface area contributed by atoms with Gasteiger partial charge < -0.3 is 15.5 Å². The topological polar surface area (TPSA) is 77.0 Å². The molecule has 0 saturated heterocycles. The lowest BCUT2D eigenvalue weighted by Crippen LogP contribution is -2.53. The highest BCUT2D eigenvalue weighted by atomic mass is 32.1. The Morgan fingerprint density at radius 1 is 1.17 bits per heavy atom. The van der Waals surface area contributed by atoms with Crippen LogP contribution in [-0.4, -0.2) is 15.5 Å². The van der Waals surface area contributed by atoms with Crippen LogP contribution in [0.2, 0.25) is 0 Å². The van der Waals surface area contributed by atoms with E-state index < -0.39 is 0 Å². The SMILES string of the molecule is CC.CC1CC2CC(C)CC(NCc3cc4c(N)nc(-c5ccco5)nc4s3)(C1)C2. The lowest BCUT2D eigenvalue weighted by molar-refractivity contribution is 0.0544. The molecule has 2 fully saturated rings. The van der Waals surface area contributed by atoms with Gasteiger partial charge in [-0.05, 0) is 68.1 Å². The van der Waals surface area contributed by atoms with Gasteiger partial charge in [-0.2, -0.15) is 0 Å². The number of nitrogens with two attached hydrogens (primary N) is 1. The molecule has 3 aromatic heterocycles. The smallest absolute Gasteiger partial charge is 0.199 e. The maximum Gasteiger partial charge on any atom is 0.199 e. The highest BCUT2D eigenvalue weighted by Gasteiger charge is 2.43. The van der Waals surface area contributed by atoms with Crippen LogP contribution in [0.15, 0.2) is 28.9 Å². The Hall–Kier alpha value is -1.92. The summed E-state index contributed by atoms with van der Waals surface area (Å²) in [5, 5.41) is 4.91. The molecule has 6 heteroatoms. The van der Waals surface area contributed by atoms with Crippen molar-refractivity contribution in [3.63, 3.8) is 0 Å². The lowest BCUT2D eigenvalue weighted by atomic mass is 9.61.